The highest BCUT2D eigenvalue weighted by molar-refractivity contribution is 5.93. The van der Waals surface area contributed by atoms with Gasteiger partial charge in [-0.2, -0.15) is 8.78 Å². The third kappa shape index (κ3) is 4.83. The molecule has 0 bridgehead atoms. The molecule has 5 rings (SSSR count). The van der Waals surface area contributed by atoms with Crippen molar-refractivity contribution < 1.29 is 18.1 Å². The van der Waals surface area contributed by atoms with Crippen molar-refractivity contribution in [2.75, 3.05) is 5.32 Å². The zero-order valence-corrected chi connectivity index (χ0v) is 21.0. The Bertz CT molecular complexity index is 1780. The number of imidazole rings is 1. The summed E-state index contributed by atoms with van der Waals surface area (Å²) in [4.78, 5) is 51.7. The lowest BCUT2D eigenvalue weighted by molar-refractivity contribution is -0.118. The summed E-state index contributed by atoms with van der Waals surface area (Å²) in [5.74, 6) is -3.37. The Balaban J connectivity index is 1.43. The Morgan fingerprint density at radius 3 is 2.62 bits per heavy atom. The Hall–Kier alpha value is -5.01. The molecule has 200 valence electrons. The van der Waals surface area contributed by atoms with Crippen LogP contribution in [0.4, 0.5) is 14.6 Å². The number of hydrogen-bond acceptors (Lipinski definition) is 8. The van der Waals surface area contributed by atoms with E-state index in [4.69, 9.17) is 4.52 Å². The molecule has 1 amide bonds. The van der Waals surface area contributed by atoms with Gasteiger partial charge in [0.1, 0.15) is 29.5 Å². The topological polar surface area (TPSA) is 143 Å². The van der Waals surface area contributed by atoms with E-state index in [0.717, 1.165) is 11.5 Å². The molecule has 0 fully saturated rings. The van der Waals surface area contributed by atoms with E-state index in [-0.39, 0.29) is 29.2 Å². The SMILES string of the molecule is C[C@@H](C(=O)Nc1cccc(-c2ccc(C(C)(F)F)nc2)n1)n1cnc2c1c(=O)n(Cc1ccon1)c(=O)n2C. The lowest BCUT2D eigenvalue weighted by atomic mass is 10.1. The van der Waals surface area contributed by atoms with Crippen molar-refractivity contribution in [1.82, 2.24) is 33.8 Å². The second-order valence-corrected chi connectivity index (χ2v) is 8.94. The number of nitrogens with one attached hydrogen (secondary N) is 1. The summed E-state index contributed by atoms with van der Waals surface area (Å²) in [7, 11) is 1.48. The number of fused-ring (bicyclic) bond motifs is 1. The fraction of sp³-hybridized carbons (Fsp3) is 0.240. The van der Waals surface area contributed by atoms with Crippen molar-refractivity contribution in [2.45, 2.75) is 32.4 Å². The van der Waals surface area contributed by atoms with Gasteiger partial charge in [-0.25, -0.2) is 14.8 Å². The maximum Gasteiger partial charge on any atom is 0.332 e. The van der Waals surface area contributed by atoms with Crippen molar-refractivity contribution in [3.05, 3.63) is 87.4 Å². The monoisotopic (exact) mass is 536 g/mol. The fourth-order valence-corrected chi connectivity index (χ4v) is 4.03. The Morgan fingerprint density at radius 1 is 1.15 bits per heavy atom. The van der Waals surface area contributed by atoms with Gasteiger partial charge >= 0.3 is 5.69 Å². The number of hydrogen-bond donors (Lipinski definition) is 1. The molecular formula is C25H22F2N8O4. The number of pyridine rings is 2. The number of anilines is 1. The average molecular weight is 536 g/mol. The normalized spacial score (nSPS) is 12.5. The Labute approximate surface area is 218 Å². The van der Waals surface area contributed by atoms with E-state index in [2.05, 4.69) is 25.4 Å². The third-order valence-corrected chi connectivity index (χ3v) is 6.18. The molecule has 1 atom stereocenters. The quantitative estimate of drug-likeness (QED) is 0.335. The van der Waals surface area contributed by atoms with E-state index in [1.807, 2.05) is 0 Å². The molecule has 0 radical (unpaired) electrons. The largest absolute Gasteiger partial charge is 0.364 e. The van der Waals surface area contributed by atoms with Crippen LogP contribution in [0.1, 0.15) is 31.3 Å². The number of halogens is 2. The van der Waals surface area contributed by atoms with Crippen molar-refractivity contribution in [1.29, 1.82) is 0 Å². The van der Waals surface area contributed by atoms with E-state index < -0.39 is 29.1 Å². The third-order valence-electron chi connectivity index (χ3n) is 6.18. The predicted octanol–water partition coefficient (Wildman–Crippen LogP) is 2.70. The van der Waals surface area contributed by atoms with E-state index in [1.54, 1.807) is 25.1 Å². The highest BCUT2D eigenvalue weighted by Gasteiger charge is 2.26. The molecule has 5 heterocycles. The number of carbonyl (C=O) groups is 1. The summed E-state index contributed by atoms with van der Waals surface area (Å²) < 4.78 is 35.3. The Kier molecular flexibility index (Phi) is 6.38. The summed E-state index contributed by atoms with van der Waals surface area (Å²) >= 11 is 0. The standard InChI is InChI=1S/C25H22F2N8O4/c1-14(22(36)31-19-6-4-5-17(30-19)15-7-8-18(28-11-15)25(2,26)27)35-13-29-21-20(35)23(37)34(24(38)33(21)3)12-16-9-10-39-32-16/h4-11,13-14H,12H2,1-3H3,(H,30,31,36)/t14-/m0/s1. The second-order valence-electron chi connectivity index (χ2n) is 8.94. The molecule has 0 aliphatic heterocycles. The van der Waals surface area contributed by atoms with Crippen LogP contribution in [0, 0.1) is 0 Å². The van der Waals surface area contributed by atoms with Crippen LogP contribution < -0.4 is 16.6 Å². The molecule has 5 aromatic heterocycles. The predicted molar refractivity (Wildman–Crippen MR) is 135 cm³/mol. The van der Waals surface area contributed by atoms with Crippen LogP contribution in [0.3, 0.4) is 0 Å². The summed E-state index contributed by atoms with van der Waals surface area (Å²) in [6.07, 6.45) is 3.93. The zero-order valence-electron chi connectivity index (χ0n) is 21.0. The lowest BCUT2D eigenvalue weighted by Gasteiger charge is -2.15. The highest BCUT2D eigenvalue weighted by atomic mass is 19.3. The zero-order chi connectivity index (χ0) is 27.9. The van der Waals surface area contributed by atoms with Gasteiger partial charge in [0.2, 0.25) is 5.91 Å². The minimum absolute atomic E-state index is 0.0591. The molecule has 14 heteroatoms. The van der Waals surface area contributed by atoms with Crippen LogP contribution in [-0.4, -0.2) is 39.7 Å². The highest BCUT2D eigenvalue weighted by Crippen LogP contribution is 2.27. The van der Waals surface area contributed by atoms with Crippen molar-refractivity contribution in [3.8, 4) is 11.3 Å². The molecule has 5 aromatic rings. The summed E-state index contributed by atoms with van der Waals surface area (Å²) in [6.45, 7) is 2.21. The molecule has 12 nitrogen and oxygen atoms in total. The molecule has 0 unspecified atom stereocenters. The first-order valence-corrected chi connectivity index (χ1v) is 11.7. The molecular weight excluding hydrogens is 514 g/mol. The van der Waals surface area contributed by atoms with Gasteiger partial charge in [0.15, 0.2) is 11.2 Å². The molecule has 1 N–H and O–H groups in total. The molecule has 0 aliphatic carbocycles. The Morgan fingerprint density at radius 2 is 1.95 bits per heavy atom. The molecule has 0 saturated carbocycles. The number of amides is 1. The minimum atomic E-state index is -3.07. The number of aryl methyl sites for hydroxylation is 1. The minimum Gasteiger partial charge on any atom is -0.364 e. The van der Waals surface area contributed by atoms with Crippen molar-refractivity contribution in [2.24, 2.45) is 7.05 Å². The average Bonchev–Trinajstić information content (AvgIpc) is 3.60. The lowest BCUT2D eigenvalue weighted by Crippen LogP contribution is -2.40. The van der Waals surface area contributed by atoms with Gasteiger partial charge in [-0.1, -0.05) is 11.2 Å². The fourth-order valence-electron chi connectivity index (χ4n) is 4.03. The van der Waals surface area contributed by atoms with Crippen molar-refractivity contribution >= 4 is 22.9 Å². The smallest absolute Gasteiger partial charge is 0.332 e. The molecule has 0 saturated heterocycles. The molecule has 0 spiro atoms. The first-order valence-electron chi connectivity index (χ1n) is 11.7. The van der Waals surface area contributed by atoms with Gasteiger partial charge < -0.3 is 14.4 Å². The van der Waals surface area contributed by atoms with Gasteiger partial charge in [0.05, 0.1) is 18.6 Å². The van der Waals surface area contributed by atoms with Crippen LogP contribution in [0.2, 0.25) is 0 Å². The van der Waals surface area contributed by atoms with Crippen LogP contribution >= 0.6 is 0 Å². The number of carbonyl (C=O) groups excluding carboxylic acids is 1. The van der Waals surface area contributed by atoms with Gasteiger partial charge in [-0.3, -0.25) is 23.7 Å². The van der Waals surface area contributed by atoms with Crippen LogP contribution in [0.5, 0.6) is 0 Å². The number of aromatic nitrogens is 7. The first kappa shape index (κ1) is 25.6. The van der Waals surface area contributed by atoms with Crippen molar-refractivity contribution in [3.63, 3.8) is 0 Å². The molecule has 39 heavy (non-hydrogen) atoms. The van der Waals surface area contributed by atoms with E-state index in [9.17, 15) is 23.2 Å². The van der Waals surface area contributed by atoms with Gasteiger partial charge in [-0.15, -0.1) is 0 Å². The van der Waals surface area contributed by atoms with E-state index in [0.29, 0.717) is 17.0 Å². The molecule has 0 aliphatic rings. The van der Waals surface area contributed by atoms with Gasteiger partial charge in [0, 0.05) is 31.8 Å². The maximum atomic E-state index is 13.5. The molecule has 0 aromatic carbocycles. The first-order chi connectivity index (χ1) is 18.5. The number of nitrogens with zero attached hydrogens (tertiary/aromatic N) is 7. The van der Waals surface area contributed by atoms with Gasteiger partial charge in [-0.05, 0) is 31.2 Å². The summed E-state index contributed by atoms with van der Waals surface area (Å²) in [6, 6.07) is 8.18. The van der Waals surface area contributed by atoms with Crippen LogP contribution in [0.25, 0.3) is 22.4 Å². The second kappa shape index (κ2) is 9.70. The van der Waals surface area contributed by atoms with Crippen LogP contribution in [0.15, 0.2) is 69.3 Å². The summed E-state index contributed by atoms with van der Waals surface area (Å²) in [5.41, 5.74) is -0.136. The van der Waals surface area contributed by atoms with Gasteiger partial charge in [0.25, 0.3) is 11.5 Å². The maximum absolute atomic E-state index is 13.5. The summed E-state index contributed by atoms with van der Waals surface area (Å²) in [5, 5.41) is 6.45. The van der Waals surface area contributed by atoms with Crippen LogP contribution in [-0.2, 0) is 24.3 Å². The van der Waals surface area contributed by atoms with E-state index in [1.165, 1.54) is 53.2 Å². The number of rotatable bonds is 7. The van der Waals surface area contributed by atoms with E-state index >= 15 is 0 Å². The number of alkyl halides is 2.